The van der Waals surface area contributed by atoms with Gasteiger partial charge >= 0.3 is 0 Å². The van der Waals surface area contributed by atoms with Crippen LogP contribution < -0.4 is 0 Å². The average Bonchev–Trinajstić information content (AvgIpc) is 2.81. The highest BCUT2D eigenvalue weighted by atomic mass is 32.1. The second-order valence-corrected chi connectivity index (χ2v) is 4.77. The van der Waals surface area contributed by atoms with Gasteiger partial charge in [0.2, 0.25) is 0 Å². The Kier molecular flexibility index (Phi) is 3.53. The van der Waals surface area contributed by atoms with Crippen molar-refractivity contribution >= 4 is 22.8 Å². The summed E-state index contributed by atoms with van der Waals surface area (Å²) in [6.07, 6.45) is 0.335. The molecule has 2 rings (SSSR count). The third-order valence-corrected chi connectivity index (χ3v) is 3.40. The van der Waals surface area contributed by atoms with Crippen LogP contribution in [0, 0.1) is 17.0 Å². The largest absolute Gasteiger partial charge is 0.294 e. The Morgan fingerprint density at radius 3 is 2.72 bits per heavy atom. The van der Waals surface area contributed by atoms with Crippen LogP contribution in [0.1, 0.15) is 21.5 Å². The van der Waals surface area contributed by atoms with Gasteiger partial charge in [-0.2, -0.15) is 11.3 Å². The van der Waals surface area contributed by atoms with Crippen LogP contribution in [-0.4, -0.2) is 10.7 Å². The number of nitro benzene ring substituents is 1. The van der Waals surface area contributed by atoms with Gasteiger partial charge in [0.25, 0.3) is 5.69 Å². The van der Waals surface area contributed by atoms with Crippen molar-refractivity contribution < 1.29 is 9.72 Å². The fourth-order valence-electron chi connectivity index (χ4n) is 1.75. The van der Waals surface area contributed by atoms with Crippen LogP contribution in [0.4, 0.5) is 5.69 Å². The predicted octanol–water partition coefficient (Wildman–Crippen LogP) is 3.39. The molecule has 0 aliphatic heterocycles. The summed E-state index contributed by atoms with van der Waals surface area (Å²) in [5.74, 6) is -0.0132. The molecule has 0 spiro atoms. The number of non-ortho nitro benzene ring substituents is 1. The number of benzene rings is 1. The van der Waals surface area contributed by atoms with E-state index >= 15 is 0 Å². The Morgan fingerprint density at radius 2 is 2.17 bits per heavy atom. The molecule has 0 N–H and O–H groups in total. The Morgan fingerprint density at radius 1 is 1.39 bits per heavy atom. The molecule has 92 valence electrons. The second kappa shape index (κ2) is 5.10. The Bertz CT molecular complexity index is 590. The molecule has 0 aliphatic rings. The van der Waals surface area contributed by atoms with Gasteiger partial charge in [0, 0.05) is 24.1 Å². The summed E-state index contributed by atoms with van der Waals surface area (Å²) in [7, 11) is 0. The number of carbonyl (C=O) groups excluding carboxylic acids is 1. The van der Waals surface area contributed by atoms with Crippen molar-refractivity contribution in [2.75, 3.05) is 0 Å². The number of thiophene rings is 1. The van der Waals surface area contributed by atoms with Crippen molar-refractivity contribution in [2.45, 2.75) is 13.3 Å². The highest BCUT2D eigenvalue weighted by molar-refractivity contribution is 7.08. The number of aryl methyl sites for hydroxylation is 1. The Labute approximate surface area is 108 Å². The first-order valence-electron chi connectivity index (χ1n) is 5.37. The number of hydrogen-bond acceptors (Lipinski definition) is 4. The van der Waals surface area contributed by atoms with E-state index in [2.05, 4.69) is 0 Å². The molecular weight excluding hydrogens is 250 g/mol. The molecule has 0 atom stereocenters. The third-order valence-electron chi connectivity index (χ3n) is 2.67. The number of ketones is 1. The van der Waals surface area contributed by atoms with Gasteiger partial charge in [0.05, 0.1) is 4.92 Å². The Balaban J connectivity index is 2.23. The molecule has 0 radical (unpaired) electrons. The molecule has 0 saturated heterocycles. The van der Waals surface area contributed by atoms with Gasteiger partial charge in [-0.25, -0.2) is 0 Å². The van der Waals surface area contributed by atoms with E-state index in [4.69, 9.17) is 0 Å². The van der Waals surface area contributed by atoms with Crippen molar-refractivity contribution in [3.8, 4) is 0 Å². The molecule has 0 saturated carbocycles. The number of carbonyl (C=O) groups is 1. The molecule has 5 heteroatoms. The smallest absolute Gasteiger partial charge is 0.269 e. The van der Waals surface area contributed by atoms with Gasteiger partial charge in [-0.15, -0.1) is 0 Å². The molecule has 18 heavy (non-hydrogen) atoms. The quantitative estimate of drug-likeness (QED) is 0.481. The molecule has 1 aromatic carbocycles. The first kappa shape index (κ1) is 12.4. The van der Waals surface area contributed by atoms with E-state index in [0.29, 0.717) is 17.5 Å². The first-order chi connectivity index (χ1) is 8.58. The van der Waals surface area contributed by atoms with E-state index in [0.717, 1.165) is 5.56 Å². The van der Waals surface area contributed by atoms with Crippen LogP contribution in [0.2, 0.25) is 0 Å². The fourth-order valence-corrected chi connectivity index (χ4v) is 2.42. The van der Waals surface area contributed by atoms with Crippen LogP contribution >= 0.6 is 11.3 Å². The lowest BCUT2D eigenvalue weighted by Gasteiger charge is -2.03. The molecule has 0 unspecified atom stereocenters. The zero-order valence-corrected chi connectivity index (χ0v) is 10.6. The lowest BCUT2D eigenvalue weighted by Crippen LogP contribution is -2.05. The van der Waals surface area contributed by atoms with Crippen LogP contribution in [0.25, 0.3) is 0 Å². The zero-order chi connectivity index (χ0) is 13.1. The zero-order valence-electron chi connectivity index (χ0n) is 9.75. The minimum absolute atomic E-state index is 0.0132. The van der Waals surface area contributed by atoms with Crippen LogP contribution in [0.3, 0.4) is 0 Å². The van der Waals surface area contributed by atoms with E-state index < -0.39 is 4.92 Å². The molecule has 2 aromatic rings. The maximum absolute atomic E-state index is 12.0. The van der Waals surface area contributed by atoms with Crippen molar-refractivity contribution in [1.29, 1.82) is 0 Å². The normalized spacial score (nSPS) is 10.3. The highest BCUT2D eigenvalue weighted by Crippen LogP contribution is 2.19. The average molecular weight is 261 g/mol. The van der Waals surface area contributed by atoms with E-state index in [1.807, 2.05) is 16.8 Å². The number of hydrogen-bond donors (Lipinski definition) is 0. The maximum atomic E-state index is 12.0. The molecular formula is C13H11NO3S. The summed E-state index contributed by atoms with van der Waals surface area (Å²) < 4.78 is 0. The van der Waals surface area contributed by atoms with E-state index in [-0.39, 0.29) is 11.5 Å². The second-order valence-electron chi connectivity index (χ2n) is 3.99. The standard InChI is InChI=1S/C13H11NO3S/c1-9-6-11(14(16)17)2-3-12(9)13(15)7-10-4-5-18-8-10/h2-6,8H,7H2,1H3. The molecule has 1 aromatic heterocycles. The predicted molar refractivity (Wildman–Crippen MR) is 70.2 cm³/mol. The van der Waals surface area contributed by atoms with Gasteiger partial charge < -0.3 is 0 Å². The van der Waals surface area contributed by atoms with Crippen molar-refractivity contribution in [3.63, 3.8) is 0 Å². The summed E-state index contributed by atoms with van der Waals surface area (Å²) in [4.78, 5) is 22.2. The molecule has 0 amide bonds. The summed E-state index contributed by atoms with van der Waals surface area (Å²) >= 11 is 1.55. The monoisotopic (exact) mass is 261 g/mol. The highest BCUT2D eigenvalue weighted by Gasteiger charge is 2.13. The molecule has 0 fully saturated rings. The van der Waals surface area contributed by atoms with Crippen LogP contribution in [0.15, 0.2) is 35.0 Å². The van der Waals surface area contributed by atoms with Crippen molar-refractivity contribution in [2.24, 2.45) is 0 Å². The van der Waals surface area contributed by atoms with Gasteiger partial charge in [-0.3, -0.25) is 14.9 Å². The molecule has 0 aliphatic carbocycles. The molecule has 0 bridgehead atoms. The summed E-state index contributed by atoms with van der Waals surface area (Å²) in [6.45, 7) is 1.72. The number of rotatable bonds is 4. The fraction of sp³-hybridized carbons (Fsp3) is 0.154. The van der Waals surface area contributed by atoms with Gasteiger partial charge in [-0.05, 0) is 40.9 Å². The number of nitro groups is 1. The van der Waals surface area contributed by atoms with Crippen LogP contribution in [0.5, 0.6) is 0 Å². The maximum Gasteiger partial charge on any atom is 0.269 e. The van der Waals surface area contributed by atoms with Gasteiger partial charge in [0.1, 0.15) is 0 Å². The van der Waals surface area contributed by atoms with E-state index in [1.54, 1.807) is 18.3 Å². The summed E-state index contributed by atoms with van der Waals surface area (Å²) in [5.41, 5.74) is 2.18. The SMILES string of the molecule is Cc1cc([N+](=O)[O-])ccc1C(=O)Cc1ccsc1. The minimum atomic E-state index is -0.458. The summed E-state index contributed by atoms with van der Waals surface area (Å²) in [5, 5.41) is 14.5. The van der Waals surface area contributed by atoms with E-state index in [9.17, 15) is 14.9 Å². The molecule has 1 heterocycles. The topological polar surface area (TPSA) is 60.2 Å². The van der Waals surface area contributed by atoms with Crippen LogP contribution in [-0.2, 0) is 6.42 Å². The van der Waals surface area contributed by atoms with Gasteiger partial charge in [-0.1, -0.05) is 0 Å². The van der Waals surface area contributed by atoms with Gasteiger partial charge in [0.15, 0.2) is 5.78 Å². The lowest BCUT2D eigenvalue weighted by molar-refractivity contribution is -0.384. The minimum Gasteiger partial charge on any atom is -0.294 e. The van der Waals surface area contributed by atoms with Crippen molar-refractivity contribution in [3.05, 3.63) is 61.8 Å². The Hall–Kier alpha value is -2.01. The first-order valence-corrected chi connectivity index (χ1v) is 6.31. The lowest BCUT2D eigenvalue weighted by atomic mass is 10.00. The number of nitrogens with zero attached hydrogens (tertiary/aromatic N) is 1. The summed E-state index contributed by atoms with van der Waals surface area (Å²) in [6, 6.07) is 6.24. The number of Topliss-reactive ketones (excluding diaryl/α,β-unsaturated/α-hetero) is 1. The molecule has 4 nitrogen and oxygen atoms in total. The van der Waals surface area contributed by atoms with Crippen molar-refractivity contribution in [1.82, 2.24) is 0 Å². The van der Waals surface area contributed by atoms with E-state index in [1.165, 1.54) is 18.2 Å². The third kappa shape index (κ3) is 2.62.